The number of thiophene rings is 1. The lowest BCUT2D eigenvalue weighted by atomic mass is 10.1. The molecule has 72 valence electrons. The molecule has 0 N–H and O–H groups in total. The van der Waals surface area contributed by atoms with Gasteiger partial charge in [-0.15, -0.1) is 11.3 Å². The van der Waals surface area contributed by atoms with Crippen LogP contribution in [0.5, 0.6) is 0 Å². The predicted molar refractivity (Wildman–Crippen MR) is 59.9 cm³/mol. The molecule has 0 fully saturated rings. The van der Waals surface area contributed by atoms with E-state index in [0.29, 0.717) is 5.56 Å². The van der Waals surface area contributed by atoms with E-state index in [4.69, 9.17) is 5.26 Å². The van der Waals surface area contributed by atoms with Gasteiger partial charge in [0.2, 0.25) is 0 Å². The number of carbonyl (C=O) groups excluding carboxylic acids is 1. The van der Waals surface area contributed by atoms with Crippen LogP contribution in [0, 0.1) is 11.3 Å². The van der Waals surface area contributed by atoms with Gasteiger partial charge < -0.3 is 0 Å². The van der Waals surface area contributed by atoms with Crippen molar-refractivity contribution in [3.8, 4) is 17.2 Å². The van der Waals surface area contributed by atoms with Gasteiger partial charge in [-0.2, -0.15) is 5.26 Å². The van der Waals surface area contributed by atoms with Gasteiger partial charge in [-0.25, -0.2) is 0 Å². The molecule has 1 aromatic heterocycles. The molecule has 2 rings (SSSR count). The number of hydrogen-bond acceptors (Lipinski definition) is 3. The van der Waals surface area contributed by atoms with Crippen molar-refractivity contribution in [2.75, 3.05) is 0 Å². The first-order chi connectivity index (χ1) is 7.35. The van der Waals surface area contributed by atoms with Crippen molar-refractivity contribution in [3.63, 3.8) is 0 Å². The first-order valence-electron chi connectivity index (χ1n) is 4.38. The number of aldehydes is 1. The van der Waals surface area contributed by atoms with Crippen molar-refractivity contribution in [1.29, 1.82) is 5.26 Å². The molecule has 0 saturated heterocycles. The van der Waals surface area contributed by atoms with Gasteiger partial charge in [0.1, 0.15) is 0 Å². The molecule has 2 nitrogen and oxygen atoms in total. The van der Waals surface area contributed by atoms with Gasteiger partial charge in [-0.3, -0.25) is 4.79 Å². The van der Waals surface area contributed by atoms with Gasteiger partial charge in [0.25, 0.3) is 0 Å². The van der Waals surface area contributed by atoms with Crippen molar-refractivity contribution < 1.29 is 4.79 Å². The van der Waals surface area contributed by atoms with Crippen LogP contribution in [0.2, 0.25) is 0 Å². The van der Waals surface area contributed by atoms with Crippen molar-refractivity contribution in [2.24, 2.45) is 0 Å². The molecule has 0 aliphatic heterocycles. The van der Waals surface area contributed by atoms with Crippen LogP contribution in [0.4, 0.5) is 0 Å². The average Bonchev–Trinajstić information content (AvgIpc) is 2.77. The summed E-state index contributed by atoms with van der Waals surface area (Å²) in [6.45, 7) is 0. The summed E-state index contributed by atoms with van der Waals surface area (Å²) < 4.78 is 0. The van der Waals surface area contributed by atoms with Gasteiger partial charge in [-0.05, 0) is 29.1 Å². The van der Waals surface area contributed by atoms with Crippen molar-refractivity contribution in [2.45, 2.75) is 0 Å². The van der Waals surface area contributed by atoms with Gasteiger partial charge in [-0.1, -0.05) is 12.1 Å². The Labute approximate surface area is 91.4 Å². The first kappa shape index (κ1) is 9.63. The summed E-state index contributed by atoms with van der Waals surface area (Å²) in [5.74, 6) is 0. The number of hydrogen-bond donors (Lipinski definition) is 0. The summed E-state index contributed by atoms with van der Waals surface area (Å²) in [6, 6.07) is 11.2. The van der Waals surface area contributed by atoms with E-state index in [1.165, 1.54) is 11.3 Å². The second kappa shape index (κ2) is 4.07. The van der Waals surface area contributed by atoms with Crippen molar-refractivity contribution >= 4 is 17.6 Å². The zero-order valence-electron chi connectivity index (χ0n) is 7.81. The zero-order chi connectivity index (χ0) is 10.7. The molecule has 0 spiro atoms. The summed E-state index contributed by atoms with van der Waals surface area (Å²) in [7, 11) is 0. The van der Waals surface area contributed by atoms with Crippen LogP contribution in [0.3, 0.4) is 0 Å². The molecule has 3 heteroatoms. The zero-order valence-corrected chi connectivity index (χ0v) is 8.62. The number of nitrogens with zero attached hydrogens (tertiary/aromatic N) is 1. The van der Waals surface area contributed by atoms with E-state index in [1.807, 2.05) is 23.6 Å². The molecule has 1 aromatic carbocycles. The molecular formula is C12H7NOS. The van der Waals surface area contributed by atoms with Crippen LogP contribution in [-0.4, -0.2) is 6.29 Å². The summed E-state index contributed by atoms with van der Waals surface area (Å²) in [5.41, 5.74) is 2.53. The minimum Gasteiger partial charge on any atom is -0.297 e. The molecule has 0 aliphatic rings. The fraction of sp³-hybridized carbons (Fsp3) is 0. The maximum Gasteiger partial charge on any atom is 0.160 e. The highest BCUT2D eigenvalue weighted by Gasteiger charge is 2.05. The molecule has 0 saturated carbocycles. The van der Waals surface area contributed by atoms with Gasteiger partial charge in [0, 0.05) is 5.56 Å². The highest BCUT2D eigenvalue weighted by molar-refractivity contribution is 7.12. The smallest absolute Gasteiger partial charge is 0.160 e. The van der Waals surface area contributed by atoms with Crippen LogP contribution in [0.1, 0.15) is 15.2 Å². The monoisotopic (exact) mass is 213 g/mol. The van der Waals surface area contributed by atoms with Crippen LogP contribution >= 0.6 is 11.3 Å². The van der Waals surface area contributed by atoms with E-state index >= 15 is 0 Å². The fourth-order valence-corrected chi connectivity index (χ4v) is 2.09. The SMILES string of the molecule is N#Cc1ccc(-c2ccsc2C=O)cc1. The molecule has 2 aromatic rings. The summed E-state index contributed by atoms with van der Waals surface area (Å²) >= 11 is 1.42. The van der Waals surface area contributed by atoms with Crippen LogP contribution in [0.25, 0.3) is 11.1 Å². The number of carbonyl (C=O) groups is 1. The van der Waals surface area contributed by atoms with Gasteiger partial charge >= 0.3 is 0 Å². The molecule has 1 heterocycles. The van der Waals surface area contributed by atoms with E-state index in [0.717, 1.165) is 22.3 Å². The standard InChI is InChI=1S/C12H7NOS/c13-7-9-1-3-10(4-2-9)11-5-6-15-12(11)8-14/h1-6,8H. The third kappa shape index (κ3) is 1.80. The lowest BCUT2D eigenvalue weighted by molar-refractivity contribution is 0.112. The summed E-state index contributed by atoms with van der Waals surface area (Å²) in [5, 5.41) is 10.5. The van der Waals surface area contributed by atoms with E-state index in [1.54, 1.807) is 12.1 Å². The summed E-state index contributed by atoms with van der Waals surface area (Å²) in [4.78, 5) is 11.5. The third-order valence-corrected chi connectivity index (χ3v) is 2.97. The first-order valence-corrected chi connectivity index (χ1v) is 5.26. The molecule has 0 radical (unpaired) electrons. The Hall–Kier alpha value is -1.92. The number of rotatable bonds is 2. The molecule has 0 bridgehead atoms. The fourth-order valence-electron chi connectivity index (χ4n) is 1.38. The predicted octanol–water partition coefficient (Wildman–Crippen LogP) is 3.10. The Kier molecular flexibility index (Phi) is 2.61. The maximum atomic E-state index is 10.7. The third-order valence-electron chi connectivity index (χ3n) is 2.13. The Balaban J connectivity index is 2.46. The Bertz CT molecular complexity index is 519. The Morgan fingerprint density at radius 1 is 1.20 bits per heavy atom. The normalized spacial score (nSPS) is 9.53. The minimum atomic E-state index is 0.627. The Morgan fingerprint density at radius 3 is 2.53 bits per heavy atom. The van der Waals surface area contributed by atoms with Crippen molar-refractivity contribution in [3.05, 3.63) is 46.2 Å². The average molecular weight is 213 g/mol. The van der Waals surface area contributed by atoms with Gasteiger partial charge in [0.15, 0.2) is 6.29 Å². The number of benzene rings is 1. The topological polar surface area (TPSA) is 40.9 Å². The van der Waals surface area contributed by atoms with E-state index in [2.05, 4.69) is 6.07 Å². The van der Waals surface area contributed by atoms with Crippen LogP contribution in [0.15, 0.2) is 35.7 Å². The highest BCUT2D eigenvalue weighted by atomic mass is 32.1. The number of nitriles is 1. The quantitative estimate of drug-likeness (QED) is 0.719. The summed E-state index contributed by atoms with van der Waals surface area (Å²) in [6.07, 6.45) is 0.859. The largest absolute Gasteiger partial charge is 0.297 e. The second-order valence-electron chi connectivity index (χ2n) is 3.01. The van der Waals surface area contributed by atoms with E-state index in [9.17, 15) is 4.79 Å². The molecule has 0 aliphatic carbocycles. The minimum absolute atomic E-state index is 0.627. The maximum absolute atomic E-state index is 10.7. The molecule has 0 amide bonds. The highest BCUT2D eigenvalue weighted by Crippen LogP contribution is 2.26. The Morgan fingerprint density at radius 2 is 1.93 bits per heavy atom. The van der Waals surface area contributed by atoms with E-state index in [-0.39, 0.29) is 0 Å². The molecule has 15 heavy (non-hydrogen) atoms. The molecular weight excluding hydrogens is 206 g/mol. The lowest BCUT2D eigenvalue weighted by Crippen LogP contribution is -1.80. The lowest BCUT2D eigenvalue weighted by Gasteiger charge is -1.98. The molecule has 0 atom stereocenters. The van der Waals surface area contributed by atoms with Crippen LogP contribution in [-0.2, 0) is 0 Å². The molecule has 0 unspecified atom stereocenters. The second-order valence-corrected chi connectivity index (χ2v) is 3.95. The van der Waals surface area contributed by atoms with Crippen LogP contribution < -0.4 is 0 Å². The van der Waals surface area contributed by atoms with Gasteiger partial charge in [0.05, 0.1) is 16.5 Å². The van der Waals surface area contributed by atoms with Crippen molar-refractivity contribution in [1.82, 2.24) is 0 Å². The van der Waals surface area contributed by atoms with E-state index < -0.39 is 0 Å².